The highest BCUT2D eigenvalue weighted by Crippen LogP contribution is 2.32. The van der Waals surface area contributed by atoms with Gasteiger partial charge < -0.3 is 4.74 Å². The van der Waals surface area contributed by atoms with Crippen molar-refractivity contribution in [3.05, 3.63) is 102 Å². The van der Waals surface area contributed by atoms with Crippen LogP contribution in [0, 0.1) is 13.0 Å². The average molecular weight is 393 g/mol. The highest BCUT2D eigenvalue weighted by atomic mass is 32.2. The lowest BCUT2D eigenvalue weighted by molar-refractivity contribution is 0.303. The fraction of sp³-hybridized carbons (Fsp3) is 0.208. The highest BCUT2D eigenvalue weighted by molar-refractivity contribution is 7.99. The summed E-state index contributed by atoms with van der Waals surface area (Å²) in [4.78, 5) is 1.35. The van der Waals surface area contributed by atoms with Crippen LogP contribution in [0.3, 0.4) is 0 Å². The maximum Gasteiger partial charge on any atom is 0.123 e. The second kappa shape index (κ2) is 11.1. The summed E-state index contributed by atoms with van der Waals surface area (Å²) in [5.74, 6) is 3.99. The molecule has 3 heteroatoms. The van der Waals surface area contributed by atoms with Crippen molar-refractivity contribution in [2.75, 3.05) is 5.75 Å². The van der Waals surface area contributed by atoms with E-state index in [0.717, 1.165) is 35.0 Å². The first kappa shape index (κ1) is 19.9. The van der Waals surface area contributed by atoms with Crippen LogP contribution in [0.1, 0.15) is 23.1 Å². The summed E-state index contributed by atoms with van der Waals surface area (Å²) in [6.45, 7) is 4.46. The lowest BCUT2D eigenvalue weighted by Gasteiger charge is -2.13. The summed E-state index contributed by atoms with van der Waals surface area (Å²) in [7, 11) is 0. The molecule has 0 bridgehead atoms. The molecule has 0 saturated carbocycles. The molecule has 0 N–H and O–H groups in total. The minimum atomic E-state index is 0.542. The number of hydrogen-bond acceptors (Lipinski definition) is 3. The molecule has 3 aromatic carbocycles. The molecule has 0 aliphatic heterocycles. The molecule has 2 radical (unpaired) electrons. The Kier molecular flexibility index (Phi) is 8.19. The van der Waals surface area contributed by atoms with Crippen LogP contribution in [0.4, 0.5) is 0 Å². The molecule has 0 spiro atoms. The topological polar surface area (TPSA) is 9.23 Å². The predicted octanol–water partition coefficient (Wildman–Crippen LogP) is 6.82. The fourth-order valence-corrected chi connectivity index (χ4v) is 4.60. The van der Waals surface area contributed by atoms with Crippen LogP contribution >= 0.6 is 23.5 Å². The number of para-hydroxylation sites is 1. The van der Waals surface area contributed by atoms with Crippen LogP contribution in [0.25, 0.3) is 0 Å². The van der Waals surface area contributed by atoms with Gasteiger partial charge in [-0.2, -0.15) is 11.8 Å². The van der Waals surface area contributed by atoms with Crippen molar-refractivity contribution >= 4 is 23.5 Å². The maximum atomic E-state index is 6.07. The second-order valence-electron chi connectivity index (χ2n) is 6.09. The van der Waals surface area contributed by atoms with Gasteiger partial charge in [0.25, 0.3) is 0 Å². The molecule has 3 rings (SSSR count). The Balaban J connectivity index is 1.63. The van der Waals surface area contributed by atoms with Crippen LogP contribution in [0.5, 0.6) is 5.75 Å². The number of rotatable bonds is 10. The molecular formula is C24H24OS2. The quantitative estimate of drug-likeness (QED) is 0.277. The molecule has 0 fully saturated rings. The zero-order chi connectivity index (χ0) is 18.7. The first-order valence-corrected chi connectivity index (χ1v) is 11.2. The Hall–Kier alpha value is -1.84. The minimum Gasteiger partial charge on any atom is -0.489 e. The fourth-order valence-electron chi connectivity index (χ4n) is 2.64. The third kappa shape index (κ3) is 6.37. The molecule has 0 aliphatic carbocycles. The van der Waals surface area contributed by atoms with Crippen LogP contribution in [-0.4, -0.2) is 5.75 Å². The lowest BCUT2D eigenvalue weighted by Crippen LogP contribution is -1.98. The van der Waals surface area contributed by atoms with Gasteiger partial charge in [0.2, 0.25) is 0 Å². The third-order valence-corrected chi connectivity index (χ3v) is 6.29. The van der Waals surface area contributed by atoms with E-state index in [9.17, 15) is 0 Å². The first-order valence-electron chi connectivity index (χ1n) is 9.11. The Morgan fingerprint density at radius 3 is 2.44 bits per heavy atom. The summed E-state index contributed by atoms with van der Waals surface area (Å²) >= 11 is 3.82. The van der Waals surface area contributed by atoms with Gasteiger partial charge in [-0.1, -0.05) is 67.6 Å². The molecule has 0 heterocycles. The predicted molar refractivity (Wildman–Crippen MR) is 118 cm³/mol. The smallest absolute Gasteiger partial charge is 0.123 e. The van der Waals surface area contributed by atoms with Gasteiger partial charge >= 0.3 is 0 Å². The Morgan fingerprint density at radius 1 is 0.852 bits per heavy atom. The molecule has 0 unspecified atom stereocenters. The van der Waals surface area contributed by atoms with E-state index in [1.807, 2.05) is 53.9 Å². The van der Waals surface area contributed by atoms with Crippen molar-refractivity contribution in [3.63, 3.8) is 0 Å². The largest absolute Gasteiger partial charge is 0.489 e. The van der Waals surface area contributed by atoms with E-state index >= 15 is 0 Å². The van der Waals surface area contributed by atoms with Crippen molar-refractivity contribution < 1.29 is 4.74 Å². The molecule has 138 valence electrons. The lowest BCUT2D eigenvalue weighted by atomic mass is 10.2. The maximum absolute atomic E-state index is 6.07. The Labute approximate surface area is 171 Å². The van der Waals surface area contributed by atoms with E-state index < -0.39 is 0 Å². The Bertz CT molecular complexity index is 817. The average Bonchev–Trinajstić information content (AvgIpc) is 2.73. The first-order chi connectivity index (χ1) is 13.4. The van der Waals surface area contributed by atoms with Gasteiger partial charge in [-0.25, -0.2) is 0 Å². The summed E-state index contributed by atoms with van der Waals surface area (Å²) < 4.78 is 6.07. The summed E-state index contributed by atoms with van der Waals surface area (Å²) in [5, 5.41) is 0. The number of hydrogen-bond donors (Lipinski definition) is 0. The number of ether oxygens (including phenoxy) is 1. The zero-order valence-corrected chi connectivity index (χ0v) is 17.0. The van der Waals surface area contributed by atoms with E-state index in [2.05, 4.69) is 55.5 Å². The van der Waals surface area contributed by atoms with E-state index in [0.29, 0.717) is 6.61 Å². The van der Waals surface area contributed by atoms with Crippen LogP contribution in [0.2, 0.25) is 0 Å². The van der Waals surface area contributed by atoms with E-state index in [-0.39, 0.29) is 0 Å². The molecule has 27 heavy (non-hydrogen) atoms. The molecule has 3 aromatic rings. The van der Waals surface area contributed by atoms with Gasteiger partial charge in [-0.15, -0.1) is 11.8 Å². The molecule has 0 aromatic heterocycles. The van der Waals surface area contributed by atoms with Gasteiger partial charge in [0.05, 0.1) is 0 Å². The number of benzene rings is 3. The van der Waals surface area contributed by atoms with Gasteiger partial charge in [-0.3, -0.25) is 0 Å². The second-order valence-corrected chi connectivity index (χ2v) is 8.21. The van der Waals surface area contributed by atoms with E-state index in [1.165, 1.54) is 16.0 Å². The van der Waals surface area contributed by atoms with Gasteiger partial charge in [0.15, 0.2) is 0 Å². The summed E-state index contributed by atoms with van der Waals surface area (Å²) in [6, 6.07) is 28.1. The molecule has 1 nitrogen and oxygen atoms in total. The zero-order valence-electron chi connectivity index (χ0n) is 15.4. The summed E-state index contributed by atoms with van der Waals surface area (Å²) in [6.07, 6.45) is 0.976. The normalized spacial score (nSPS) is 10.7. The minimum absolute atomic E-state index is 0.542. The van der Waals surface area contributed by atoms with Crippen molar-refractivity contribution in [2.45, 2.75) is 29.4 Å². The molecule has 0 saturated heterocycles. The number of thioether (sulfide) groups is 2. The van der Waals surface area contributed by atoms with Crippen LogP contribution in [-0.2, 0) is 18.1 Å². The highest BCUT2D eigenvalue weighted by Gasteiger charge is 2.07. The van der Waals surface area contributed by atoms with Gasteiger partial charge in [0, 0.05) is 22.0 Å². The van der Waals surface area contributed by atoms with Crippen molar-refractivity contribution in [3.8, 4) is 5.75 Å². The van der Waals surface area contributed by atoms with Gasteiger partial charge in [0.1, 0.15) is 12.4 Å². The van der Waals surface area contributed by atoms with Crippen LogP contribution < -0.4 is 4.74 Å². The summed E-state index contributed by atoms with van der Waals surface area (Å²) in [5.41, 5.74) is 3.68. The SMILES string of the molecule is [CH2]CCSCc1ccccc1SCc1ccccc1OCc1[c]cccc1. The van der Waals surface area contributed by atoms with Gasteiger partial charge in [-0.05, 0) is 41.5 Å². The standard InChI is InChI=1S/C24H24OS2/c1-2-16-26-18-22-13-7-9-15-24(22)27-19-21-12-6-8-14-23(21)25-17-20-10-4-3-5-11-20/h3-10,12-15H,1-2,16-19H2. The molecular weight excluding hydrogens is 368 g/mol. The molecule has 0 amide bonds. The monoisotopic (exact) mass is 392 g/mol. The van der Waals surface area contributed by atoms with Crippen molar-refractivity contribution in [1.82, 2.24) is 0 Å². The van der Waals surface area contributed by atoms with Crippen molar-refractivity contribution in [2.24, 2.45) is 0 Å². The van der Waals surface area contributed by atoms with Crippen molar-refractivity contribution in [1.29, 1.82) is 0 Å². The molecule has 0 atom stereocenters. The third-order valence-electron chi connectivity index (χ3n) is 4.03. The van der Waals surface area contributed by atoms with E-state index in [1.54, 1.807) is 0 Å². The molecule has 0 aliphatic rings. The Morgan fingerprint density at radius 2 is 1.63 bits per heavy atom. The van der Waals surface area contributed by atoms with E-state index in [4.69, 9.17) is 4.74 Å². The van der Waals surface area contributed by atoms with Crippen LogP contribution in [0.15, 0.2) is 77.7 Å².